The Morgan fingerprint density at radius 1 is 1.05 bits per heavy atom. The summed E-state index contributed by atoms with van der Waals surface area (Å²) in [5.41, 5.74) is 0.314. The van der Waals surface area contributed by atoms with Gasteiger partial charge in [0, 0.05) is 6.20 Å². The first kappa shape index (κ1) is 13.1. The molecule has 0 fully saturated rings. The number of halogens is 1. The zero-order chi connectivity index (χ0) is 14.7. The van der Waals surface area contributed by atoms with Gasteiger partial charge in [0.05, 0.1) is 5.56 Å². The van der Waals surface area contributed by atoms with E-state index >= 15 is 0 Å². The molecule has 0 spiro atoms. The lowest BCUT2D eigenvalue weighted by molar-refractivity contribution is 0.0997. The zero-order valence-electron chi connectivity index (χ0n) is 10.9. The number of aromatic nitrogens is 1. The molecular formula is C16H11FN2O2. The van der Waals surface area contributed by atoms with Gasteiger partial charge in [-0.15, -0.1) is 0 Å². The fourth-order valence-electron chi connectivity index (χ4n) is 1.88. The Morgan fingerprint density at radius 3 is 2.62 bits per heavy atom. The second kappa shape index (κ2) is 5.58. The van der Waals surface area contributed by atoms with Crippen molar-refractivity contribution in [1.29, 1.82) is 0 Å². The number of carbonyl (C=O) groups is 1. The molecule has 3 rings (SSSR count). The first-order valence-electron chi connectivity index (χ1n) is 6.31. The lowest BCUT2D eigenvalue weighted by Crippen LogP contribution is -2.11. The summed E-state index contributed by atoms with van der Waals surface area (Å²) in [6.07, 6.45) is 1.57. The largest absolute Gasteiger partial charge is 0.451 e. The Labute approximate surface area is 120 Å². The number of anilines is 1. The molecule has 2 aromatic heterocycles. The predicted octanol–water partition coefficient (Wildman–Crippen LogP) is 3.73. The lowest BCUT2D eigenvalue weighted by atomic mass is 10.1. The van der Waals surface area contributed by atoms with Crippen LogP contribution in [0.4, 0.5) is 10.2 Å². The van der Waals surface area contributed by atoms with Crippen LogP contribution in [-0.4, -0.2) is 10.9 Å². The van der Waals surface area contributed by atoms with Crippen molar-refractivity contribution in [2.45, 2.75) is 0 Å². The maximum Gasteiger partial charge on any atom is 0.292 e. The van der Waals surface area contributed by atoms with E-state index < -0.39 is 11.7 Å². The maximum absolute atomic E-state index is 13.7. The molecule has 0 aliphatic rings. The summed E-state index contributed by atoms with van der Waals surface area (Å²) >= 11 is 0. The summed E-state index contributed by atoms with van der Waals surface area (Å²) in [7, 11) is 0. The molecule has 1 aromatic carbocycles. The first-order chi connectivity index (χ1) is 10.2. The van der Waals surface area contributed by atoms with Crippen molar-refractivity contribution in [2.24, 2.45) is 0 Å². The third-order valence-corrected chi connectivity index (χ3v) is 2.88. The topological polar surface area (TPSA) is 55.1 Å². The van der Waals surface area contributed by atoms with Crippen molar-refractivity contribution in [2.75, 3.05) is 5.32 Å². The second-order valence-corrected chi connectivity index (χ2v) is 4.31. The number of hydrogen-bond acceptors (Lipinski definition) is 3. The fraction of sp³-hybridized carbons (Fsp3) is 0. The Morgan fingerprint density at radius 2 is 1.86 bits per heavy atom. The zero-order valence-corrected chi connectivity index (χ0v) is 10.9. The standard InChI is InChI=1S/C16H11FN2O2/c17-12-6-2-1-5-11(12)13-8-9-14(21-13)16(20)19-15-7-3-4-10-18-15/h1-10H,(H,18,19,20). The highest BCUT2D eigenvalue weighted by Gasteiger charge is 2.14. The van der Waals surface area contributed by atoms with E-state index in [-0.39, 0.29) is 5.76 Å². The molecule has 0 radical (unpaired) electrons. The number of carbonyl (C=O) groups excluding carboxylic acids is 1. The first-order valence-corrected chi connectivity index (χ1v) is 6.31. The minimum absolute atomic E-state index is 0.0962. The van der Waals surface area contributed by atoms with Crippen molar-refractivity contribution in [3.05, 3.63) is 72.4 Å². The molecule has 4 nitrogen and oxygen atoms in total. The van der Waals surface area contributed by atoms with Crippen molar-refractivity contribution in [3.8, 4) is 11.3 Å². The van der Waals surface area contributed by atoms with Crippen molar-refractivity contribution in [3.63, 3.8) is 0 Å². The summed E-state index contributed by atoms with van der Waals surface area (Å²) in [5, 5.41) is 2.60. The van der Waals surface area contributed by atoms with E-state index in [1.54, 1.807) is 48.7 Å². The summed E-state index contributed by atoms with van der Waals surface area (Å²) in [4.78, 5) is 16.0. The molecule has 0 aliphatic heterocycles. The van der Waals surface area contributed by atoms with E-state index in [2.05, 4.69) is 10.3 Å². The van der Waals surface area contributed by atoms with Crippen molar-refractivity contribution in [1.82, 2.24) is 4.98 Å². The highest BCUT2D eigenvalue weighted by molar-refractivity contribution is 6.02. The Hall–Kier alpha value is -2.95. The van der Waals surface area contributed by atoms with Crippen LogP contribution < -0.4 is 5.32 Å². The number of rotatable bonds is 3. The lowest BCUT2D eigenvalue weighted by Gasteiger charge is -2.01. The third kappa shape index (κ3) is 2.81. The average molecular weight is 282 g/mol. The molecular weight excluding hydrogens is 271 g/mol. The monoisotopic (exact) mass is 282 g/mol. The number of pyridine rings is 1. The Kier molecular flexibility index (Phi) is 3.47. The molecule has 1 N–H and O–H groups in total. The van der Waals surface area contributed by atoms with Crippen LogP contribution in [0.2, 0.25) is 0 Å². The summed E-state index contributed by atoms with van der Waals surface area (Å²) in [6, 6.07) is 14.5. The van der Waals surface area contributed by atoms with E-state index in [0.717, 1.165) is 0 Å². The van der Waals surface area contributed by atoms with Crippen LogP contribution in [0.5, 0.6) is 0 Å². The van der Waals surface area contributed by atoms with Gasteiger partial charge in [0.1, 0.15) is 17.4 Å². The van der Waals surface area contributed by atoms with Gasteiger partial charge in [0.2, 0.25) is 0 Å². The molecule has 2 heterocycles. The average Bonchev–Trinajstić information content (AvgIpc) is 2.98. The van der Waals surface area contributed by atoms with Crippen LogP contribution in [0.1, 0.15) is 10.6 Å². The van der Waals surface area contributed by atoms with E-state index in [1.807, 2.05) is 0 Å². The number of nitrogens with one attached hydrogen (secondary N) is 1. The van der Waals surface area contributed by atoms with Crippen LogP contribution in [0.15, 0.2) is 65.2 Å². The molecule has 104 valence electrons. The number of benzene rings is 1. The van der Waals surface area contributed by atoms with Gasteiger partial charge in [-0.25, -0.2) is 9.37 Å². The quantitative estimate of drug-likeness (QED) is 0.796. The third-order valence-electron chi connectivity index (χ3n) is 2.88. The van der Waals surface area contributed by atoms with Gasteiger partial charge in [-0.3, -0.25) is 4.79 Å². The molecule has 21 heavy (non-hydrogen) atoms. The number of nitrogens with zero attached hydrogens (tertiary/aromatic N) is 1. The number of amides is 1. The minimum Gasteiger partial charge on any atom is -0.451 e. The van der Waals surface area contributed by atoms with E-state index in [4.69, 9.17) is 4.42 Å². The van der Waals surface area contributed by atoms with Gasteiger partial charge in [0.25, 0.3) is 5.91 Å². The summed E-state index contributed by atoms with van der Waals surface area (Å²) in [6.45, 7) is 0. The normalized spacial score (nSPS) is 10.3. The summed E-state index contributed by atoms with van der Waals surface area (Å²) < 4.78 is 19.1. The van der Waals surface area contributed by atoms with E-state index in [1.165, 1.54) is 12.1 Å². The molecule has 0 bridgehead atoms. The SMILES string of the molecule is O=C(Nc1ccccn1)c1ccc(-c2ccccc2F)o1. The molecule has 0 saturated carbocycles. The maximum atomic E-state index is 13.7. The Balaban J connectivity index is 1.82. The van der Waals surface area contributed by atoms with E-state index in [9.17, 15) is 9.18 Å². The van der Waals surface area contributed by atoms with Crippen LogP contribution in [0.25, 0.3) is 11.3 Å². The van der Waals surface area contributed by atoms with Gasteiger partial charge in [-0.05, 0) is 36.4 Å². The smallest absolute Gasteiger partial charge is 0.292 e. The molecule has 0 saturated heterocycles. The van der Waals surface area contributed by atoms with Crippen molar-refractivity contribution >= 4 is 11.7 Å². The Bertz CT molecular complexity index is 769. The molecule has 5 heteroatoms. The van der Waals surface area contributed by atoms with E-state index in [0.29, 0.717) is 17.1 Å². The molecule has 1 amide bonds. The molecule has 0 atom stereocenters. The van der Waals surface area contributed by atoms with Gasteiger partial charge >= 0.3 is 0 Å². The second-order valence-electron chi connectivity index (χ2n) is 4.31. The van der Waals surface area contributed by atoms with Crippen LogP contribution >= 0.6 is 0 Å². The molecule has 0 aliphatic carbocycles. The van der Waals surface area contributed by atoms with Gasteiger partial charge in [-0.1, -0.05) is 18.2 Å². The summed E-state index contributed by atoms with van der Waals surface area (Å²) in [5.74, 6) is -0.00987. The predicted molar refractivity (Wildman–Crippen MR) is 76.3 cm³/mol. The highest BCUT2D eigenvalue weighted by Crippen LogP contribution is 2.25. The number of furan rings is 1. The van der Waals surface area contributed by atoms with Gasteiger partial charge < -0.3 is 9.73 Å². The van der Waals surface area contributed by atoms with Crippen LogP contribution in [-0.2, 0) is 0 Å². The van der Waals surface area contributed by atoms with Crippen molar-refractivity contribution < 1.29 is 13.6 Å². The minimum atomic E-state index is -0.434. The highest BCUT2D eigenvalue weighted by atomic mass is 19.1. The number of hydrogen-bond donors (Lipinski definition) is 1. The fourth-order valence-corrected chi connectivity index (χ4v) is 1.88. The molecule has 0 unspecified atom stereocenters. The van der Waals surface area contributed by atoms with Crippen LogP contribution in [0, 0.1) is 5.82 Å². The van der Waals surface area contributed by atoms with Gasteiger partial charge in [0.15, 0.2) is 5.76 Å². The molecule has 3 aromatic rings. The van der Waals surface area contributed by atoms with Crippen LogP contribution in [0.3, 0.4) is 0 Å². The van der Waals surface area contributed by atoms with Gasteiger partial charge in [-0.2, -0.15) is 0 Å².